The van der Waals surface area contributed by atoms with Crippen molar-refractivity contribution in [2.24, 2.45) is 0 Å². The minimum absolute atomic E-state index is 0.0341. The van der Waals surface area contributed by atoms with Crippen LogP contribution in [0.15, 0.2) is 23.4 Å². The van der Waals surface area contributed by atoms with Crippen LogP contribution in [0.5, 0.6) is 5.88 Å². The van der Waals surface area contributed by atoms with Crippen molar-refractivity contribution in [2.45, 2.75) is 77.6 Å². The Morgan fingerprint density at radius 2 is 1.72 bits per heavy atom. The zero-order valence-electron chi connectivity index (χ0n) is 15.6. The first-order valence-corrected chi connectivity index (χ1v) is 8.88. The molecule has 1 saturated carbocycles. The van der Waals surface area contributed by atoms with Crippen LogP contribution in [0.1, 0.15) is 59.1 Å². The standard InChI is InChI=1S/C18H26BFN2O3/c1-12-6-11-15(22-21-12)23-14-9-7-13(8-10-14)16(20)19-24-17(2,3)18(4,5)25-19/h6,11,14H,7-10H2,1-5H3. The highest BCUT2D eigenvalue weighted by atomic mass is 19.1. The summed E-state index contributed by atoms with van der Waals surface area (Å²) in [5.41, 5.74) is 0.297. The maximum absolute atomic E-state index is 14.8. The number of aryl methyl sites for hydroxylation is 1. The van der Waals surface area contributed by atoms with Crippen LogP contribution in [-0.4, -0.2) is 34.6 Å². The Morgan fingerprint density at radius 1 is 1.12 bits per heavy atom. The van der Waals surface area contributed by atoms with Gasteiger partial charge in [0.25, 0.3) is 0 Å². The zero-order chi connectivity index (χ0) is 18.2. The summed E-state index contributed by atoms with van der Waals surface area (Å²) in [4.78, 5) is 0. The largest absolute Gasteiger partial charge is 0.525 e. The van der Waals surface area contributed by atoms with Crippen LogP contribution in [0, 0.1) is 6.92 Å². The molecule has 0 aromatic carbocycles. The van der Waals surface area contributed by atoms with Gasteiger partial charge in [-0.15, -0.1) is 5.10 Å². The monoisotopic (exact) mass is 348 g/mol. The summed E-state index contributed by atoms with van der Waals surface area (Å²) >= 11 is 0. The highest BCUT2D eigenvalue weighted by Gasteiger charge is 2.53. The van der Waals surface area contributed by atoms with Crippen LogP contribution in [0.4, 0.5) is 4.39 Å². The number of halogens is 1. The number of nitrogens with zero attached hydrogens (tertiary/aromatic N) is 2. The van der Waals surface area contributed by atoms with E-state index >= 15 is 0 Å². The number of hydrogen-bond donors (Lipinski definition) is 0. The van der Waals surface area contributed by atoms with Crippen molar-refractivity contribution in [2.75, 3.05) is 0 Å². The average Bonchev–Trinajstić information content (AvgIpc) is 2.78. The van der Waals surface area contributed by atoms with E-state index in [-0.39, 0.29) is 11.8 Å². The van der Waals surface area contributed by atoms with Crippen molar-refractivity contribution in [1.82, 2.24) is 10.2 Å². The maximum atomic E-state index is 14.8. The minimum Gasteiger partial charge on any atom is -0.473 e. The highest BCUT2D eigenvalue weighted by molar-refractivity contribution is 6.53. The van der Waals surface area contributed by atoms with Crippen molar-refractivity contribution in [3.05, 3.63) is 29.1 Å². The molecular weight excluding hydrogens is 322 g/mol. The van der Waals surface area contributed by atoms with E-state index in [9.17, 15) is 4.39 Å². The lowest BCUT2D eigenvalue weighted by Gasteiger charge is -2.32. The molecule has 0 unspecified atom stereocenters. The summed E-state index contributed by atoms with van der Waals surface area (Å²) in [5.74, 6) is 0.523. The first kappa shape index (κ1) is 18.3. The lowest BCUT2D eigenvalue weighted by atomic mass is 9.79. The molecule has 0 amide bonds. The Labute approximate surface area is 149 Å². The van der Waals surface area contributed by atoms with Gasteiger partial charge in [0.15, 0.2) is 0 Å². The van der Waals surface area contributed by atoms with Gasteiger partial charge in [-0.25, -0.2) is 4.39 Å². The van der Waals surface area contributed by atoms with Gasteiger partial charge in [-0.3, -0.25) is 0 Å². The Kier molecular flexibility index (Phi) is 4.90. The molecular formula is C18H26BFN2O3. The second kappa shape index (κ2) is 6.69. The molecule has 136 valence electrons. The van der Waals surface area contributed by atoms with E-state index in [1.807, 2.05) is 46.8 Å². The van der Waals surface area contributed by atoms with E-state index < -0.39 is 18.3 Å². The molecule has 7 heteroatoms. The molecule has 0 bridgehead atoms. The minimum atomic E-state index is -0.902. The average molecular weight is 348 g/mol. The summed E-state index contributed by atoms with van der Waals surface area (Å²) in [6, 6.07) is 3.69. The van der Waals surface area contributed by atoms with Crippen LogP contribution >= 0.6 is 0 Å². The summed E-state index contributed by atoms with van der Waals surface area (Å²) < 4.78 is 32.3. The fourth-order valence-electron chi connectivity index (χ4n) is 3.03. The van der Waals surface area contributed by atoms with Gasteiger partial charge in [-0.1, -0.05) is 0 Å². The molecule has 2 heterocycles. The Balaban J connectivity index is 1.59. The smallest absolute Gasteiger partial charge is 0.473 e. The fraction of sp³-hybridized carbons (Fsp3) is 0.667. The highest BCUT2D eigenvalue weighted by Crippen LogP contribution is 2.40. The van der Waals surface area contributed by atoms with Gasteiger partial charge in [-0.2, -0.15) is 5.10 Å². The molecule has 1 aliphatic heterocycles. The van der Waals surface area contributed by atoms with Crippen LogP contribution < -0.4 is 4.74 Å². The van der Waals surface area contributed by atoms with Crippen molar-refractivity contribution in [1.29, 1.82) is 0 Å². The first-order chi connectivity index (χ1) is 11.7. The number of aromatic nitrogens is 2. The third-order valence-electron chi connectivity index (χ3n) is 5.39. The molecule has 1 aromatic heterocycles. The molecule has 5 nitrogen and oxygen atoms in total. The number of hydrogen-bond acceptors (Lipinski definition) is 5. The van der Waals surface area contributed by atoms with Crippen LogP contribution in [0.25, 0.3) is 0 Å². The predicted molar refractivity (Wildman–Crippen MR) is 93.9 cm³/mol. The van der Waals surface area contributed by atoms with Crippen LogP contribution in [0.2, 0.25) is 0 Å². The summed E-state index contributed by atoms with van der Waals surface area (Å²) in [7, 11) is -0.902. The van der Waals surface area contributed by atoms with Crippen molar-refractivity contribution in [3.8, 4) is 5.88 Å². The van der Waals surface area contributed by atoms with Gasteiger partial charge in [0, 0.05) is 6.07 Å². The summed E-state index contributed by atoms with van der Waals surface area (Å²) in [6.45, 7) is 9.60. The maximum Gasteiger partial charge on any atom is 0.525 e. The fourth-order valence-corrected chi connectivity index (χ4v) is 3.03. The van der Waals surface area contributed by atoms with E-state index in [1.54, 1.807) is 0 Å². The Morgan fingerprint density at radius 3 is 2.24 bits per heavy atom. The normalized spacial score (nSPS) is 25.1. The van der Waals surface area contributed by atoms with Gasteiger partial charge < -0.3 is 14.0 Å². The van der Waals surface area contributed by atoms with Crippen LogP contribution in [0.3, 0.4) is 0 Å². The molecule has 2 fully saturated rings. The summed E-state index contributed by atoms with van der Waals surface area (Å²) in [5, 5.41) is 8.01. The predicted octanol–water partition coefficient (Wildman–Crippen LogP) is 3.96. The third kappa shape index (κ3) is 3.87. The molecule has 0 atom stereocenters. The second-order valence-corrected chi connectivity index (χ2v) is 7.87. The number of allylic oxidation sites excluding steroid dienone is 1. The van der Waals surface area contributed by atoms with E-state index in [2.05, 4.69) is 10.2 Å². The van der Waals surface area contributed by atoms with E-state index in [0.29, 0.717) is 18.7 Å². The molecule has 0 spiro atoms. The van der Waals surface area contributed by atoms with Crippen molar-refractivity contribution >= 4 is 7.12 Å². The quantitative estimate of drug-likeness (QED) is 0.774. The Hall–Kier alpha value is -1.47. The van der Waals surface area contributed by atoms with Crippen molar-refractivity contribution < 1.29 is 18.4 Å². The first-order valence-electron chi connectivity index (χ1n) is 8.88. The lowest BCUT2D eigenvalue weighted by Crippen LogP contribution is -2.41. The van der Waals surface area contributed by atoms with Gasteiger partial charge in [0.1, 0.15) is 11.8 Å². The molecule has 3 rings (SSSR count). The third-order valence-corrected chi connectivity index (χ3v) is 5.39. The van der Waals surface area contributed by atoms with Gasteiger partial charge in [0.05, 0.1) is 16.9 Å². The topological polar surface area (TPSA) is 53.5 Å². The molecule has 0 radical (unpaired) electrons. The van der Waals surface area contributed by atoms with E-state index in [4.69, 9.17) is 14.0 Å². The molecule has 1 aliphatic carbocycles. The summed E-state index contributed by atoms with van der Waals surface area (Å²) in [6.07, 6.45) is 2.81. The van der Waals surface area contributed by atoms with E-state index in [1.165, 1.54) is 0 Å². The van der Waals surface area contributed by atoms with Gasteiger partial charge in [-0.05, 0) is 71.9 Å². The molecule has 1 aromatic rings. The van der Waals surface area contributed by atoms with E-state index in [0.717, 1.165) is 24.1 Å². The number of rotatable bonds is 3. The number of ether oxygens (including phenoxy) is 1. The van der Waals surface area contributed by atoms with Gasteiger partial charge >= 0.3 is 7.12 Å². The zero-order valence-corrected chi connectivity index (χ0v) is 15.6. The molecule has 25 heavy (non-hydrogen) atoms. The molecule has 1 saturated heterocycles. The Bertz CT molecular complexity index is 635. The second-order valence-electron chi connectivity index (χ2n) is 7.87. The SMILES string of the molecule is Cc1ccc(OC2CCC(=C(F)B3OC(C)(C)C(C)(C)O3)CC2)nn1. The van der Waals surface area contributed by atoms with Crippen LogP contribution in [-0.2, 0) is 9.31 Å². The lowest BCUT2D eigenvalue weighted by molar-refractivity contribution is 0.00578. The molecule has 0 N–H and O–H groups in total. The van der Waals surface area contributed by atoms with Gasteiger partial charge in [0.2, 0.25) is 5.88 Å². The molecule has 2 aliphatic rings. The van der Waals surface area contributed by atoms with Crippen molar-refractivity contribution in [3.63, 3.8) is 0 Å².